The van der Waals surface area contributed by atoms with Gasteiger partial charge < -0.3 is 10.2 Å². The number of amides is 1. The largest absolute Gasteiger partial charge is 0.341 e. The van der Waals surface area contributed by atoms with Crippen LogP contribution in [0.5, 0.6) is 0 Å². The molecular weight excluding hydrogens is 224 g/mol. The third kappa shape index (κ3) is 3.47. The van der Waals surface area contributed by atoms with Gasteiger partial charge in [0.25, 0.3) is 0 Å². The molecule has 0 spiro atoms. The summed E-state index contributed by atoms with van der Waals surface area (Å²) in [6, 6.07) is 0.0542. The highest BCUT2D eigenvalue weighted by Gasteiger charge is 2.30. The second kappa shape index (κ2) is 6.55. The highest BCUT2D eigenvalue weighted by Crippen LogP contribution is 2.26. The maximum absolute atomic E-state index is 12.5. The van der Waals surface area contributed by atoms with Crippen molar-refractivity contribution in [3.05, 3.63) is 0 Å². The first kappa shape index (κ1) is 13.9. The lowest BCUT2D eigenvalue weighted by atomic mass is 9.89. The number of rotatable bonds is 3. The lowest BCUT2D eigenvalue weighted by molar-refractivity contribution is -0.133. The van der Waals surface area contributed by atoms with Gasteiger partial charge in [-0.1, -0.05) is 26.2 Å². The summed E-state index contributed by atoms with van der Waals surface area (Å²) < 4.78 is 0. The normalized spacial score (nSPS) is 31.4. The minimum Gasteiger partial charge on any atom is -0.341 e. The van der Waals surface area contributed by atoms with Crippen LogP contribution >= 0.6 is 0 Å². The van der Waals surface area contributed by atoms with Crippen molar-refractivity contribution < 1.29 is 4.79 Å². The molecule has 104 valence electrons. The molecule has 0 aromatic rings. The lowest BCUT2D eigenvalue weighted by Gasteiger charge is -2.31. The van der Waals surface area contributed by atoms with E-state index in [2.05, 4.69) is 17.1 Å². The van der Waals surface area contributed by atoms with Gasteiger partial charge in [-0.15, -0.1) is 0 Å². The van der Waals surface area contributed by atoms with Gasteiger partial charge in [-0.25, -0.2) is 0 Å². The fourth-order valence-corrected chi connectivity index (χ4v) is 3.47. The van der Waals surface area contributed by atoms with E-state index >= 15 is 0 Å². The summed E-state index contributed by atoms with van der Waals surface area (Å²) in [5.74, 6) is 1.74. The molecule has 0 bridgehead atoms. The molecule has 0 aromatic carbocycles. The number of likely N-dealkylation sites (N-methyl/N-ethyl adjacent to an activating group) is 1. The van der Waals surface area contributed by atoms with Gasteiger partial charge in [-0.3, -0.25) is 4.79 Å². The minimum absolute atomic E-state index is 0.0542. The Hall–Kier alpha value is -0.570. The molecule has 1 heterocycles. The molecule has 3 heteroatoms. The van der Waals surface area contributed by atoms with Crippen LogP contribution in [-0.2, 0) is 4.79 Å². The molecule has 2 fully saturated rings. The first-order valence-electron chi connectivity index (χ1n) is 7.66. The number of likely N-dealkylation sites (tertiary alicyclic amines) is 1. The number of nitrogens with zero attached hydrogens (tertiary/aromatic N) is 1. The fraction of sp³-hybridized carbons (Fsp3) is 0.933. The van der Waals surface area contributed by atoms with E-state index in [1.165, 1.54) is 38.5 Å². The molecule has 1 N–H and O–H groups in total. The zero-order valence-electron chi connectivity index (χ0n) is 12.0. The first-order chi connectivity index (χ1) is 8.70. The van der Waals surface area contributed by atoms with E-state index in [9.17, 15) is 4.79 Å². The van der Waals surface area contributed by atoms with E-state index in [4.69, 9.17) is 0 Å². The zero-order valence-corrected chi connectivity index (χ0v) is 12.0. The van der Waals surface area contributed by atoms with E-state index < -0.39 is 0 Å². The van der Waals surface area contributed by atoms with Crippen LogP contribution in [0.4, 0.5) is 0 Å². The van der Waals surface area contributed by atoms with Gasteiger partial charge in [0, 0.05) is 13.1 Å². The summed E-state index contributed by atoms with van der Waals surface area (Å²) in [6.45, 7) is 4.24. The minimum atomic E-state index is 0.0542. The average molecular weight is 252 g/mol. The molecular formula is C15H28N2O. The second-order valence-corrected chi connectivity index (χ2v) is 6.27. The van der Waals surface area contributed by atoms with Gasteiger partial charge in [0.1, 0.15) is 0 Å². The highest BCUT2D eigenvalue weighted by atomic mass is 16.2. The SMILES string of the molecule is CNC1CCC(C)CN(CC2CCCCC2)C1=O. The third-order valence-corrected chi connectivity index (χ3v) is 4.64. The van der Waals surface area contributed by atoms with Crippen molar-refractivity contribution in [2.24, 2.45) is 11.8 Å². The van der Waals surface area contributed by atoms with Crippen LogP contribution < -0.4 is 5.32 Å². The molecule has 2 aliphatic rings. The van der Waals surface area contributed by atoms with Gasteiger partial charge >= 0.3 is 0 Å². The van der Waals surface area contributed by atoms with Gasteiger partial charge in [-0.05, 0) is 44.6 Å². The van der Waals surface area contributed by atoms with E-state index in [-0.39, 0.29) is 6.04 Å². The molecule has 0 aromatic heterocycles. The number of carbonyl (C=O) groups is 1. The summed E-state index contributed by atoms with van der Waals surface area (Å²) in [4.78, 5) is 14.6. The Balaban J connectivity index is 1.96. The van der Waals surface area contributed by atoms with Crippen LogP contribution in [-0.4, -0.2) is 37.0 Å². The summed E-state index contributed by atoms with van der Waals surface area (Å²) >= 11 is 0. The van der Waals surface area contributed by atoms with Gasteiger partial charge in [-0.2, -0.15) is 0 Å². The molecule has 2 rings (SSSR count). The lowest BCUT2D eigenvalue weighted by Crippen LogP contribution is -2.46. The molecule has 0 radical (unpaired) electrons. The van der Waals surface area contributed by atoms with Gasteiger partial charge in [0.05, 0.1) is 6.04 Å². The van der Waals surface area contributed by atoms with Crippen LogP contribution in [0, 0.1) is 11.8 Å². The standard InChI is InChI=1S/C15H28N2O/c1-12-8-9-14(16-2)15(18)17(10-12)11-13-6-4-3-5-7-13/h12-14,16H,3-11H2,1-2H3. The van der Waals surface area contributed by atoms with E-state index in [0.717, 1.165) is 25.4 Å². The predicted octanol–water partition coefficient (Wildman–Crippen LogP) is 2.41. The molecule has 2 unspecified atom stereocenters. The topological polar surface area (TPSA) is 32.3 Å². The average Bonchev–Trinajstić information content (AvgIpc) is 2.51. The Morgan fingerprint density at radius 3 is 2.56 bits per heavy atom. The number of carbonyl (C=O) groups excluding carboxylic acids is 1. The fourth-order valence-electron chi connectivity index (χ4n) is 3.47. The summed E-state index contributed by atoms with van der Waals surface area (Å²) in [5, 5.41) is 3.19. The van der Waals surface area contributed by atoms with Crippen LogP contribution in [0.1, 0.15) is 51.9 Å². The number of hydrogen-bond acceptors (Lipinski definition) is 2. The number of nitrogens with one attached hydrogen (secondary N) is 1. The maximum atomic E-state index is 12.5. The maximum Gasteiger partial charge on any atom is 0.239 e. The number of hydrogen-bond donors (Lipinski definition) is 1. The monoisotopic (exact) mass is 252 g/mol. The zero-order chi connectivity index (χ0) is 13.0. The molecule has 3 nitrogen and oxygen atoms in total. The van der Waals surface area contributed by atoms with Crippen molar-refractivity contribution >= 4 is 5.91 Å². The predicted molar refractivity (Wildman–Crippen MR) is 74.4 cm³/mol. The summed E-state index contributed by atoms with van der Waals surface area (Å²) in [6.07, 6.45) is 8.91. The van der Waals surface area contributed by atoms with Crippen molar-refractivity contribution in [3.63, 3.8) is 0 Å². The molecule has 1 amide bonds. The van der Waals surface area contributed by atoms with E-state index in [1.807, 2.05) is 7.05 Å². The van der Waals surface area contributed by atoms with Crippen LogP contribution in [0.3, 0.4) is 0 Å². The Labute approximate surface area is 111 Å². The smallest absolute Gasteiger partial charge is 0.239 e. The van der Waals surface area contributed by atoms with Crippen molar-refractivity contribution in [1.82, 2.24) is 10.2 Å². The Morgan fingerprint density at radius 2 is 1.89 bits per heavy atom. The van der Waals surface area contributed by atoms with Gasteiger partial charge in [0.2, 0.25) is 5.91 Å². The van der Waals surface area contributed by atoms with Crippen molar-refractivity contribution in [3.8, 4) is 0 Å². The van der Waals surface area contributed by atoms with Gasteiger partial charge in [0.15, 0.2) is 0 Å². The van der Waals surface area contributed by atoms with E-state index in [1.54, 1.807) is 0 Å². The molecule has 1 aliphatic carbocycles. The Bertz CT molecular complexity index is 274. The van der Waals surface area contributed by atoms with Crippen molar-refractivity contribution in [2.45, 2.75) is 57.9 Å². The molecule has 18 heavy (non-hydrogen) atoms. The highest BCUT2D eigenvalue weighted by molar-refractivity contribution is 5.82. The van der Waals surface area contributed by atoms with Crippen LogP contribution in [0.25, 0.3) is 0 Å². The van der Waals surface area contributed by atoms with Crippen LogP contribution in [0.15, 0.2) is 0 Å². The van der Waals surface area contributed by atoms with Crippen LogP contribution in [0.2, 0.25) is 0 Å². The molecule has 1 aliphatic heterocycles. The Morgan fingerprint density at radius 1 is 1.17 bits per heavy atom. The molecule has 1 saturated carbocycles. The third-order valence-electron chi connectivity index (χ3n) is 4.64. The second-order valence-electron chi connectivity index (χ2n) is 6.27. The van der Waals surface area contributed by atoms with Crippen molar-refractivity contribution in [2.75, 3.05) is 20.1 Å². The summed E-state index contributed by atoms with van der Waals surface area (Å²) in [5.41, 5.74) is 0. The Kier molecular flexibility index (Phi) is 5.04. The molecule has 1 saturated heterocycles. The van der Waals surface area contributed by atoms with E-state index in [0.29, 0.717) is 11.8 Å². The van der Waals surface area contributed by atoms with Crippen molar-refractivity contribution in [1.29, 1.82) is 0 Å². The summed E-state index contributed by atoms with van der Waals surface area (Å²) in [7, 11) is 1.91. The quantitative estimate of drug-likeness (QED) is 0.836. The first-order valence-corrected chi connectivity index (χ1v) is 7.66. The molecule has 2 atom stereocenters.